The average Bonchev–Trinajstić information content (AvgIpc) is 2.76. The van der Waals surface area contributed by atoms with Crippen LogP contribution < -0.4 is 4.18 Å². The zero-order valence-electron chi connectivity index (χ0n) is 20.0. The Morgan fingerprint density at radius 1 is 0.886 bits per heavy atom. The van der Waals surface area contributed by atoms with Crippen molar-refractivity contribution >= 4 is 20.1 Å². The first-order valence-electron chi connectivity index (χ1n) is 10.8. The molecule has 0 atom stereocenters. The standard InChI is InChI=1S/C25H28FNO6S2/c1-18-14-19(2)25(20(3)15-18)34(28,29)27(12-13-32-4)17-21-6-5-7-23(16-21)33-35(30,31)24-10-8-22(26)9-11-24/h5-11,14-16H,12-13,17H2,1-4H3. The van der Waals surface area contributed by atoms with E-state index in [-0.39, 0.29) is 35.2 Å². The number of sulfonamides is 1. The van der Waals surface area contributed by atoms with E-state index in [1.807, 2.05) is 19.1 Å². The summed E-state index contributed by atoms with van der Waals surface area (Å²) in [6.07, 6.45) is 0. The second kappa shape index (κ2) is 10.9. The van der Waals surface area contributed by atoms with Gasteiger partial charge >= 0.3 is 10.1 Å². The summed E-state index contributed by atoms with van der Waals surface area (Å²) in [4.78, 5) is 0.0458. The molecular weight excluding hydrogens is 493 g/mol. The van der Waals surface area contributed by atoms with E-state index >= 15 is 0 Å². The van der Waals surface area contributed by atoms with Gasteiger partial charge in [-0.25, -0.2) is 12.8 Å². The van der Waals surface area contributed by atoms with Gasteiger partial charge in [-0.15, -0.1) is 0 Å². The maximum atomic E-state index is 13.6. The number of nitrogens with zero attached hydrogens (tertiary/aromatic N) is 1. The first-order chi connectivity index (χ1) is 16.4. The Bertz CT molecular complexity index is 1380. The van der Waals surface area contributed by atoms with Crippen molar-refractivity contribution in [3.63, 3.8) is 0 Å². The van der Waals surface area contributed by atoms with E-state index in [4.69, 9.17) is 8.92 Å². The lowest BCUT2D eigenvalue weighted by molar-refractivity contribution is 0.177. The number of halogens is 1. The van der Waals surface area contributed by atoms with Crippen LogP contribution in [0.1, 0.15) is 22.3 Å². The molecule has 0 bridgehead atoms. The van der Waals surface area contributed by atoms with Crippen molar-refractivity contribution in [3.05, 3.63) is 88.7 Å². The normalized spacial score (nSPS) is 12.2. The second-order valence-corrected chi connectivity index (χ2v) is 11.6. The van der Waals surface area contributed by atoms with Gasteiger partial charge in [-0.2, -0.15) is 12.7 Å². The highest BCUT2D eigenvalue weighted by atomic mass is 32.2. The summed E-state index contributed by atoms with van der Waals surface area (Å²) in [7, 11) is -6.59. The molecule has 0 heterocycles. The van der Waals surface area contributed by atoms with Gasteiger partial charge in [0.05, 0.1) is 11.5 Å². The van der Waals surface area contributed by atoms with Crippen molar-refractivity contribution in [1.29, 1.82) is 0 Å². The third-order valence-corrected chi connectivity index (χ3v) is 8.73. The molecule has 0 amide bonds. The van der Waals surface area contributed by atoms with Crippen molar-refractivity contribution < 1.29 is 30.1 Å². The topological polar surface area (TPSA) is 90.0 Å². The quantitative estimate of drug-likeness (QED) is 0.369. The fraction of sp³-hybridized carbons (Fsp3) is 0.280. The average molecular weight is 522 g/mol. The molecule has 188 valence electrons. The van der Waals surface area contributed by atoms with Gasteiger partial charge in [0.15, 0.2) is 0 Å². The fourth-order valence-corrected chi connectivity index (χ4v) is 6.60. The maximum absolute atomic E-state index is 13.6. The summed E-state index contributed by atoms with van der Waals surface area (Å²) in [6, 6.07) is 14.1. The van der Waals surface area contributed by atoms with E-state index in [9.17, 15) is 21.2 Å². The van der Waals surface area contributed by atoms with Gasteiger partial charge in [0.2, 0.25) is 10.0 Å². The van der Waals surface area contributed by atoms with Crippen LogP contribution in [0.5, 0.6) is 5.75 Å². The third kappa shape index (κ3) is 6.46. The van der Waals surface area contributed by atoms with Gasteiger partial charge in [-0.1, -0.05) is 29.8 Å². The maximum Gasteiger partial charge on any atom is 0.339 e. The van der Waals surface area contributed by atoms with Gasteiger partial charge in [0.1, 0.15) is 16.5 Å². The number of aryl methyl sites for hydroxylation is 3. The predicted octanol–water partition coefficient (Wildman–Crippen LogP) is 4.36. The van der Waals surface area contributed by atoms with E-state index < -0.39 is 26.0 Å². The first-order valence-corrected chi connectivity index (χ1v) is 13.6. The van der Waals surface area contributed by atoms with Gasteiger partial charge in [-0.05, 0) is 73.9 Å². The molecule has 0 aromatic heterocycles. The lowest BCUT2D eigenvalue weighted by Gasteiger charge is -2.24. The van der Waals surface area contributed by atoms with E-state index in [1.165, 1.54) is 23.5 Å². The van der Waals surface area contributed by atoms with Crippen LogP contribution >= 0.6 is 0 Å². The summed E-state index contributed by atoms with van der Waals surface area (Å²) < 4.78 is 77.2. The zero-order valence-corrected chi connectivity index (χ0v) is 21.6. The predicted molar refractivity (Wildman–Crippen MR) is 131 cm³/mol. The van der Waals surface area contributed by atoms with Crippen molar-refractivity contribution in [2.75, 3.05) is 20.3 Å². The molecular formula is C25H28FNO6S2. The van der Waals surface area contributed by atoms with Gasteiger partial charge in [-0.3, -0.25) is 0 Å². The SMILES string of the molecule is COCCN(Cc1cccc(OS(=O)(=O)c2ccc(F)cc2)c1)S(=O)(=O)c1c(C)cc(C)cc1C. The van der Waals surface area contributed by atoms with Crippen molar-refractivity contribution in [1.82, 2.24) is 4.31 Å². The largest absolute Gasteiger partial charge is 0.383 e. The molecule has 10 heteroatoms. The molecule has 0 saturated heterocycles. The molecule has 3 rings (SSSR count). The van der Waals surface area contributed by atoms with Crippen molar-refractivity contribution in [3.8, 4) is 5.75 Å². The van der Waals surface area contributed by atoms with Crippen LogP contribution in [-0.2, 0) is 31.4 Å². The molecule has 0 spiro atoms. The van der Waals surface area contributed by atoms with Gasteiger partial charge < -0.3 is 8.92 Å². The number of hydrogen-bond acceptors (Lipinski definition) is 6. The highest BCUT2D eigenvalue weighted by Crippen LogP contribution is 2.27. The Balaban J connectivity index is 1.91. The molecule has 0 unspecified atom stereocenters. The minimum atomic E-state index is -4.19. The molecule has 7 nitrogen and oxygen atoms in total. The Labute approximate surface area is 206 Å². The Morgan fingerprint density at radius 3 is 2.11 bits per heavy atom. The van der Waals surface area contributed by atoms with Crippen molar-refractivity contribution in [2.45, 2.75) is 37.1 Å². The summed E-state index contributed by atoms with van der Waals surface area (Å²) >= 11 is 0. The Hall–Kier alpha value is -2.79. The third-order valence-electron chi connectivity index (χ3n) is 5.31. The highest BCUT2D eigenvalue weighted by molar-refractivity contribution is 7.89. The molecule has 0 aliphatic heterocycles. The molecule has 0 radical (unpaired) electrons. The minimum Gasteiger partial charge on any atom is -0.383 e. The minimum absolute atomic E-state index is 0.0126. The van der Waals surface area contributed by atoms with Crippen LogP contribution in [0.2, 0.25) is 0 Å². The molecule has 0 saturated carbocycles. The number of ether oxygens (including phenoxy) is 1. The van der Waals surface area contributed by atoms with Crippen LogP contribution in [0.15, 0.2) is 70.5 Å². The van der Waals surface area contributed by atoms with E-state index in [0.717, 1.165) is 29.8 Å². The van der Waals surface area contributed by atoms with Crippen LogP contribution in [0, 0.1) is 26.6 Å². The number of methoxy groups -OCH3 is 1. The first kappa shape index (κ1) is 26.8. The monoisotopic (exact) mass is 521 g/mol. The number of hydrogen-bond donors (Lipinski definition) is 0. The van der Waals surface area contributed by atoms with Gasteiger partial charge in [0, 0.05) is 20.2 Å². The lowest BCUT2D eigenvalue weighted by atomic mass is 10.1. The van der Waals surface area contributed by atoms with Gasteiger partial charge in [0.25, 0.3) is 0 Å². The Kier molecular flexibility index (Phi) is 8.32. The van der Waals surface area contributed by atoms with Crippen LogP contribution in [0.25, 0.3) is 0 Å². The summed E-state index contributed by atoms with van der Waals surface area (Å²) in [6.45, 7) is 5.69. The lowest BCUT2D eigenvalue weighted by Crippen LogP contribution is -2.34. The smallest absolute Gasteiger partial charge is 0.339 e. The number of rotatable bonds is 10. The molecule has 0 N–H and O–H groups in total. The summed E-state index contributed by atoms with van der Waals surface area (Å²) in [5.41, 5.74) is 2.79. The Morgan fingerprint density at radius 2 is 1.51 bits per heavy atom. The molecule has 35 heavy (non-hydrogen) atoms. The number of benzene rings is 3. The van der Waals surface area contributed by atoms with E-state index in [0.29, 0.717) is 16.7 Å². The van der Waals surface area contributed by atoms with E-state index in [2.05, 4.69) is 0 Å². The van der Waals surface area contributed by atoms with Crippen LogP contribution in [-0.4, -0.2) is 41.4 Å². The van der Waals surface area contributed by atoms with Crippen LogP contribution in [0.4, 0.5) is 4.39 Å². The molecule has 0 fully saturated rings. The van der Waals surface area contributed by atoms with E-state index in [1.54, 1.807) is 26.0 Å². The highest BCUT2D eigenvalue weighted by Gasteiger charge is 2.28. The molecule has 0 aliphatic rings. The zero-order chi connectivity index (χ0) is 25.8. The fourth-order valence-electron chi connectivity index (χ4n) is 3.86. The molecule has 3 aromatic carbocycles. The molecule has 0 aliphatic carbocycles. The van der Waals surface area contributed by atoms with Crippen LogP contribution in [0.3, 0.4) is 0 Å². The molecule has 3 aromatic rings. The summed E-state index contributed by atoms with van der Waals surface area (Å²) in [5.74, 6) is -0.555. The van der Waals surface area contributed by atoms with Crippen molar-refractivity contribution in [2.24, 2.45) is 0 Å². The second-order valence-electron chi connectivity index (χ2n) is 8.20. The summed E-state index contributed by atoms with van der Waals surface area (Å²) in [5, 5.41) is 0.